The van der Waals surface area contributed by atoms with Crippen molar-refractivity contribution in [2.24, 2.45) is 0 Å². The van der Waals surface area contributed by atoms with E-state index in [9.17, 15) is 9.18 Å². The van der Waals surface area contributed by atoms with Gasteiger partial charge in [-0.2, -0.15) is 0 Å². The summed E-state index contributed by atoms with van der Waals surface area (Å²) in [5.41, 5.74) is 5.41. The summed E-state index contributed by atoms with van der Waals surface area (Å²) in [4.78, 5) is 13.6. The molecule has 6 heteroatoms. The summed E-state index contributed by atoms with van der Waals surface area (Å²) in [5.74, 6) is -0.187. The number of nitrogens with zero attached hydrogens (tertiary/aromatic N) is 1. The zero-order valence-corrected chi connectivity index (χ0v) is 11.3. The molecule has 1 aromatic rings. The first-order valence-electron chi connectivity index (χ1n) is 6.07. The van der Waals surface area contributed by atoms with Gasteiger partial charge in [0.15, 0.2) is 0 Å². The van der Waals surface area contributed by atoms with Crippen molar-refractivity contribution in [1.82, 2.24) is 5.32 Å². The minimum absolute atomic E-state index is 0.131. The Morgan fingerprint density at radius 3 is 2.79 bits per heavy atom. The van der Waals surface area contributed by atoms with E-state index in [2.05, 4.69) is 5.32 Å². The average molecular weight is 267 g/mol. The minimum atomic E-state index is -0.819. The Labute approximate surface area is 111 Å². The Balaban J connectivity index is 2.48. The molecule has 5 nitrogen and oxygen atoms in total. The van der Waals surface area contributed by atoms with Crippen molar-refractivity contribution >= 4 is 17.3 Å². The quantitative estimate of drug-likeness (QED) is 0.788. The number of methoxy groups -OCH3 is 1. The van der Waals surface area contributed by atoms with Crippen LogP contribution >= 0.6 is 0 Å². The maximum absolute atomic E-state index is 14.1. The van der Waals surface area contributed by atoms with Gasteiger partial charge in [-0.05, 0) is 13.8 Å². The number of amides is 1. The van der Waals surface area contributed by atoms with Crippen LogP contribution in [0.3, 0.4) is 0 Å². The number of nitrogens with two attached hydrogens (primary N) is 1. The highest BCUT2D eigenvalue weighted by molar-refractivity contribution is 5.90. The third kappa shape index (κ3) is 2.18. The van der Waals surface area contributed by atoms with Gasteiger partial charge in [0.2, 0.25) is 5.91 Å². The second-order valence-electron chi connectivity index (χ2n) is 5.01. The number of anilines is 2. The summed E-state index contributed by atoms with van der Waals surface area (Å²) in [5, 5.41) is 2.77. The molecule has 1 aliphatic heterocycles. The van der Waals surface area contributed by atoms with Gasteiger partial charge in [-0.15, -0.1) is 0 Å². The SMILES string of the molecule is COc1cc(N2CCNC(=O)C2(C)C)c(F)cc1N. The molecule has 0 saturated carbocycles. The number of carbonyl (C=O) groups excluding carboxylic acids is 1. The van der Waals surface area contributed by atoms with Crippen molar-refractivity contribution in [1.29, 1.82) is 0 Å². The Morgan fingerprint density at radius 1 is 1.47 bits per heavy atom. The van der Waals surface area contributed by atoms with Gasteiger partial charge in [0, 0.05) is 25.2 Å². The minimum Gasteiger partial charge on any atom is -0.495 e. The molecule has 1 heterocycles. The van der Waals surface area contributed by atoms with Crippen LogP contribution in [0, 0.1) is 5.82 Å². The van der Waals surface area contributed by atoms with Gasteiger partial charge in [-0.3, -0.25) is 4.79 Å². The predicted molar refractivity (Wildman–Crippen MR) is 71.8 cm³/mol. The average Bonchev–Trinajstić information content (AvgIpc) is 2.34. The summed E-state index contributed by atoms with van der Waals surface area (Å²) < 4.78 is 19.2. The summed E-state index contributed by atoms with van der Waals surface area (Å²) >= 11 is 0. The molecule has 2 rings (SSSR count). The Kier molecular flexibility index (Phi) is 3.26. The number of rotatable bonds is 2. The fourth-order valence-electron chi connectivity index (χ4n) is 2.26. The number of halogens is 1. The molecular weight excluding hydrogens is 249 g/mol. The molecule has 0 radical (unpaired) electrons. The van der Waals surface area contributed by atoms with Gasteiger partial charge in [-0.25, -0.2) is 4.39 Å². The zero-order chi connectivity index (χ0) is 14.2. The second-order valence-corrected chi connectivity index (χ2v) is 5.01. The highest BCUT2D eigenvalue weighted by atomic mass is 19.1. The monoisotopic (exact) mass is 267 g/mol. The fourth-order valence-corrected chi connectivity index (χ4v) is 2.26. The third-order valence-corrected chi connectivity index (χ3v) is 3.44. The van der Waals surface area contributed by atoms with E-state index in [4.69, 9.17) is 10.5 Å². The molecule has 0 atom stereocenters. The van der Waals surface area contributed by atoms with E-state index in [1.807, 2.05) is 0 Å². The van der Waals surface area contributed by atoms with Crippen LogP contribution in [-0.4, -0.2) is 31.6 Å². The van der Waals surface area contributed by atoms with Crippen LogP contribution in [0.25, 0.3) is 0 Å². The standard InChI is InChI=1S/C13H18FN3O2/c1-13(2)12(18)16-4-5-17(13)10-7-11(19-3)9(15)6-8(10)14/h6-7H,4-5,15H2,1-3H3,(H,16,18). The maximum atomic E-state index is 14.1. The van der Waals surface area contributed by atoms with E-state index < -0.39 is 11.4 Å². The van der Waals surface area contributed by atoms with E-state index in [0.717, 1.165) is 0 Å². The van der Waals surface area contributed by atoms with Crippen molar-refractivity contribution in [3.63, 3.8) is 0 Å². The van der Waals surface area contributed by atoms with Gasteiger partial charge >= 0.3 is 0 Å². The predicted octanol–water partition coefficient (Wildman–Crippen LogP) is 1.13. The van der Waals surface area contributed by atoms with E-state index in [-0.39, 0.29) is 11.6 Å². The van der Waals surface area contributed by atoms with Crippen LogP contribution < -0.4 is 20.7 Å². The van der Waals surface area contributed by atoms with Crippen molar-refractivity contribution in [3.8, 4) is 5.75 Å². The highest BCUT2D eigenvalue weighted by Gasteiger charge is 2.39. The lowest BCUT2D eigenvalue weighted by Crippen LogP contribution is -2.62. The number of carbonyl (C=O) groups is 1. The number of hydrogen-bond acceptors (Lipinski definition) is 4. The number of hydrogen-bond donors (Lipinski definition) is 2. The highest BCUT2D eigenvalue weighted by Crippen LogP contribution is 2.34. The molecule has 0 aliphatic carbocycles. The van der Waals surface area contributed by atoms with Gasteiger partial charge in [0.05, 0.1) is 18.5 Å². The van der Waals surface area contributed by atoms with Crippen LogP contribution in [0.1, 0.15) is 13.8 Å². The molecule has 3 N–H and O–H groups in total. The number of nitrogens with one attached hydrogen (secondary N) is 1. The first kappa shape index (κ1) is 13.5. The van der Waals surface area contributed by atoms with Crippen molar-refractivity contribution in [2.45, 2.75) is 19.4 Å². The zero-order valence-electron chi connectivity index (χ0n) is 11.3. The van der Waals surface area contributed by atoms with E-state index >= 15 is 0 Å². The molecule has 1 fully saturated rings. The fraction of sp³-hybridized carbons (Fsp3) is 0.462. The van der Waals surface area contributed by atoms with Crippen LogP contribution in [0.4, 0.5) is 15.8 Å². The first-order chi connectivity index (χ1) is 8.87. The van der Waals surface area contributed by atoms with Gasteiger partial charge in [0.25, 0.3) is 0 Å². The van der Waals surface area contributed by atoms with Crippen molar-refractivity contribution in [2.75, 3.05) is 30.8 Å². The second kappa shape index (κ2) is 4.60. The summed E-state index contributed by atoms with van der Waals surface area (Å²) in [6.45, 7) is 4.52. The molecule has 1 saturated heterocycles. The number of benzene rings is 1. The van der Waals surface area contributed by atoms with Gasteiger partial charge < -0.3 is 20.7 Å². The summed E-state index contributed by atoms with van der Waals surface area (Å²) in [7, 11) is 1.47. The van der Waals surface area contributed by atoms with Crippen LogP contribution in [0.2, 0.25) is 0 Å². The lowest BCUT2D eigenvalue weighted by Gasteiger charge is -2.43. The smallest absolute Gasteiger partial charge is 0.245 e. The lowest BCUT2D eigenvalue weighted by molar-refractivity contribution is -0.126. The molecule has 104 valence electrons. The Morgan fingerprint density at radius 2 is 2.16 bits per heavy atom. The summed E-state index contributed by atoms with van der Waals surface area (Å²) in [6.07, 6.45) is 0. The van der Waals surface area contributed by atoms with Crippen molar-refractivity contribution in [3.05, 3.63) is 17.9 Å². The Bertz CT molecular complexity index is 517. The number of ether oxygens (including phenoxy) is 1. The van der Waals surface area contributed by atoms with E-state index in [1.165, 1.54) is 19.2 Å². The Hall–Kier alpha value is -1.98. The molecular formula is C13H18FN3O2. The topological polar surface area (TPSA) is 67.6 Å². The maximum Gasteiger partial charge on any atom is 0.245 e. The van der Waals surface area contributed by atoms with E-state index in [1.54, 1.807) is 18.7 Å². The molecule has 1 amide bonds. The molecule has 0 bridgehead atoms. The number of piperazine rings is 1. The molecule has 19 heavy (non-hydrogen) atoms. The van der Waals surface area contributed by atoms with Crippen LogP contribution in [0.15, 0.2) is 12.1 Å². The summed E-state index contributed by atoms with van der Waals surface area (Å²) in [6, 6.07) is 2.75. The molecule has 0 aromatic heterocycles. The molecule has 0 unspecified atom stereocenters. The van der Waals surface area contributed by atoms with Gasteiger partial charge in [-0.1, -0.05) is 0 Å². The largest absolute Gasteiger partial charge is 0.495 e. The third-order valence-electron chi connectivity index (χ3n) is 3.44. The lowest BCUT2D eigenvalue weighted by atomic mass is 9.97. The van der Waals surface area contributed by atoms with Crippen molar-refractivity contribution < 1.29 is 13.9 Å². The molecule has 1 aromatic carbocycles. The van der Waals surface area contributed by atoms with E-state index in [0.29, 0.717) is 24.5 Å². The normalized spacial score (nSPS) is 18.1. The number of nitrogen functional groups attached to an aromatic ring is 1. The van der Waals surface area contributed by atoms with Crippen LogP contribution in [-0.2, 0) is 4.79 Å². The first-order valence-corrected chi connectivity index (χ1v) is 6.07. The van der Waals surface area contributed by atoms with Gasteiger partial charge in [0.1, 0.15) is 17.1 Å². The van der Waals surface area contributed by atoms with Crippen LogP contribution in [0.5, 0.6) is 5.75 Å². The molecule has 0 spiro atoms. The molecule has 1 aliphatic rings.